The molecule has 31 heavy (non-hydrogen) atoms. The van der Waals surface area contributed by atoms with Gasteiger partial charge in [-0.1, -0.05) is 84.2 Å². The Balaban J connectivity index is 0.00000480. The van der Waals surface area contributed by atoms with E-state index in [9.17, 15) is 19.2 Å². The quantitative estimate of drug-likeness (QED) is 0.186. The van der Waals surface area contributed by atoms with Crippen LogP contribution in [-0.2, 0) is 9.59 Å². The molecule has 0 fully saturated rings. The van der Waals surface area contributed by atoms with Crippen LogP contribution in [0.3, 0.4) is 0 Å². The molecule has 12 heteroatoms. The summed E-state index contributed by atoms with van der Waals surface area (Å²) in [6.45, 7) is 0. The topological polar surface area (TPSA) is 151 Å². The lowest BCUT2D eigenvalue weighted by Gasteiger charge is -2.23. The van der Waals surface area contributed by atoms with Crippen LogP contribution >= 0.6 is 35.9 Å². The maximum absolute atomic E-state index is 12.1. The summed E-state index contributed by atoms with van der Waals surface area (Å²) < 4.78 is 0. The normalized spacial score (nSPS) is 9.87. The highest BCUT2D eigenvalue weighted by atomic mass is 35.5. The molecule has 0 unspecified atom stereocenters. The lowest BCUT2D eigenvalue weighted by molar-refractivity contribution is -0.127. The zero-order valence-corrected chi connectivity index (χ0v) is 18.5. The van der Waals surface area contributed by atoms with Gasteiger partial charge in [-0.05, 0) is 0 Å². The summed E-state index contributed by atoms with van der Waals surface area (Å²) >= 11 is 1.43. The number of amides is 2. The third-order valence-electron chi connectivity index (χ3n) is 3.67. The molecule has 0 heterocycles. The minimum Gasteiger partial charge on any atom is -0.282 e. The summed E-state index contributed by atoms with van der Waals surface area (Å²) in [5.74, 6) is 8.10. The predicted molar refractivity (Wildman–Crippen MR) is 124 cm³/mol. The first-order valence-corrected chi connectivity index (χ1v) is 10.5. The van der Waals surface area contributed by atoms with Gasteiger partial charge >= 0.3 is 0 Å². The molecule has 9 nitrogen and oxygen atoms in total. The first kappa shape index (κ1) is 26.3. The van der Waals surface area contributed by atoms with Crippen LogP contribution in [0.4, 0.5) is 0 Å². The number of hydrogen-bond donors (Lipinski definition) is 3. The van der Waals surface area contributed by atoms with Gasteiger partial charge in [0, 0.05) is 11.1 Å². The van der Waals surface area contributed by atoms with Crippen molar-refractivity contribution in [1.29, 1.82) is 5.41 Å². The van der Waals surface area contributed by atoms with Crippen LogP contribution in [0.15, 0.2) is 60.7 Å². The Hall–Kier alpha value is -2.70. The first-order valence-electron chi connectivity index (χ1n) is 8.49. The first-order chi connectivity index (χ1) is 14.3. The van der Waals surface area contributed by atoms with Crippen molar-refractivity contribution in [1.82, 2.24) is 10.0 Å². The van der Waals surface area contributed by atoms with Crippen molar-refractivity contribution in [2.75, 3.05) is 11.5 Å². The van der Waals surface area contributed by atoms with E-state index in [1.165, 1.54) is 0 Å². The highest BCUT2D eigenvalue weighted by molar-refractivity contribution is 8.14. The SMILES string of the molecule is Cl.N=C(N(N)C(=O)CSC(=O)c1ccccc1)N(N)C(=O)CSC(=O)c1ccccc1. The van der Waals surface area contributed by atoms with Crippen molar-refractivity contribution in [2.45, 2.75) is 0 Å². The van der Waals surface area contributed by atoms with Gasteiger partial charge in [0.25, 0.3) is 11.8 Å². The predicted octanol–water partition coefficient (Wildman–Crippen LogP) is 1.89. The summed E-state index contributed by atoms with van der Waals surface area (Å²) in [7, 11) is 0. The van der Waals surface area contributed by atoms with Gasteiger partial charge in [-0.2, -0.15) is 0 Å². The molecule has 0 atom stereocenters. The van der Waals surface area contributed by atoms with Crippen molar-refractivity contribution in [3.05, 3.63) is 71.8 Å². The molecule has 0 spiro atoms. The van der Waals surface area contributed by atoms with Crippen LogP contribution in [-0.4, -0.2) is 49.5 Å². The summed E-state index contributed by atoms with van der Waals surface area (Å²) in [4.78, 5) is 48.3. The molecule has 0 bridgehead atoms. The maximum atomic E-state index is 12.1. The van der Waals surface area contributed by atoms with Crippen molar-refractivity contribution in [2.24, 2.45) is 11.7 Å². The van der Waals surface area contributed by atoms with Crippen LogP contribution in [0.5, 0.6) is 0 Å². The smallest absolute Gasteiger partial charge is 0.254 e. The molecule has 2 aromatic rings. The third kappa shape index (κ3) is 7.81. The van der Waals surface area contributed by atoms with Gasteiger partial charge in [0.2, 0.25) is 16.2 Å². The average molecular weight is 482 g/mol. The molecule has 164 valence electrons. The van der Waals surface area contributed by atoms with Crippen LogP contribution in [0.2, 0.25) is 0 Å². The number of rotatable bonds is 6. The van der Waals surface area contributed by atoms with Crippen LogP contribution in [0.1, 0.15) is 20.7 Å². The summed E-state index contributed by atoms with van der Waals surface area (Å²) in [5.41, 5.74) is 0.842. The fourth-order valence-corrected chi connectivity index (χ4v) is 3.45. The Morgan fingerprint density at radius 3 is 1.35 bits per heavy atom. The van der Waals surface area contributed by atoms with Crippen molar-refractivity contribution >= 4 is 63.9 Å². The van der Waals surface area contributed by atoms with E-state index in [4.69, 9.17) is 17.1 Å². The lowest BCUT2D eigenvalue weighted by Crippen LogP contribution is -2.56. The number of carbonyl (C=O) groups is 4. The minimum absolute atomic E-state index is 0. The number of benzene rings is 2. The van der Waals surface area contributed by atoms with Gasteiger partial charge in [-0.15, -0.1) is 12.4 Å². The number of carbonyl (C=O) groups excluding carboxylic acids is 4. The van der Waals surface area contributed by atoms with E-state index in [2.05, 4.69) is 0 Å². The van der Waals surface area contributed by atoms with E-state index in [1.807, 2.05) is 0 Å². The lowest BCUT2D eigenvalue weighted by atomic mass is 10.2. The van der Waals surface area contributed by atoms with Gasteiger partial charge in [-0.3, -0.25) is 24.6 Å². The fraction of sp³-hybridized carbons (Fsp3) is 0.105. The molecule has 2 rings (SSSR count). The standard InChI is InChI=1S/C19H19N5O4S2.ClH/c20-19(23(21)15(25)11-29-17(27)13-7-3-1-4-8-13)24(22)16(26)12-30-18(28)14-9-5-2-6-10-14;/h1-10,20H,11-12,21-22H2;1H. The van der Waals surface area contributed by atoms with Crippen LogP contribution in [0, 0.1) is 5.41 Å². The molecule has 0 saturated carbocycles. The fourth-order valence-electron chi connectivity index (χ4n) is 2.06. The minimum atomic E-state index is -0.787. The molecule has 0 saturated heterocycles. The zero-order chi connectivity index (χ0) is 22.1. The van der Waals surface area contributed by atoms with E-state index in [0.717, 1.165) is 0 Å². The number of nitrogens with two attached hydrogens (primary N) is 2. The Morgan fingerprint density at radius 2 is 1.03 bits per heavy atom. The van der Waals surface area contributed by atoms with E-state index in [0.29, 0.717) is 44.7 Å². The second-order valence-corrected chi connectivity index (χ2v) is 7.63. The Morgan fingerprint density at radius 1 is 0.710 bits per heavy atom. The van der Waals surface area contributed by atoms with Gasteiger partial charge in [0.1, 0.15) is 0 Å². The second-order valence-electron chi connectivity index (χ2n) is 5.74. The molecule has 0 radical (unpaired) electrons. The number of hydrogen-bond acceptors (Lipinski definition) is 9. The largest absolute Gasteiger partial charge is 0.282 e. The number of nitrogens with zero attached hydrogens (tertiary/aromatic N) is 2. The molecular weight excluding hydrogens is 462 g/mol. The van der Waals surface area contributed by atoms with Gasteiger partial charge in [0.05, 0.1) is 11.5 Å². The van der Waals surface area contributed by atoms with Crippen LogP contribution in [0.25, 0.3) is 0 Å². The number of thioether (sulfide) groups is 2. The van der Waals surface area contributed by atoms with Crippen LogP contribution < -0.4 is 11.7 Å². The number of halogens is 1. The second kappa shape index (κ2) is 12.9. The van der Waals surface area contributed by atoms with E-state index in [-0.39, 0.29) is 34.1 Å². The highest BCUT2D eigenvalue weighted by Crippen LogP contribution is 2.14. The van der Waals surface area contributed by atoms with E-state index < -0.39 is 17.8 Å². The monoisotopic (exact) mass is 481 g/mol. The van der Waals surface area contributed by atoms with Crippen molar-refractivity contribution in [3.63, 3.8) is 0 Å². The molecule has 0 aromatic heterocycles. The summed E-state index contributed by atoms with van der Waals surface area (Å²) in [6, 6.07) is 16.7. The Bertz CT molecular complexity index is 871. The van der Waals surface area contributed by atoms with Gasteiger partial charge in [-0.25, -0.2) is 21.7 Å². The van der Waals surface area contributed by atoms with E-state index in [1.54, 1.807) is 60.7 Å². The summed E-state index contributed by atoms with van der Waals surface area (Å²) in [5, 5.41) is 7.93. The molecular formula is C19H20ClN5O4S2. The zero-order valence-electron chi connectivity index (χ0n) is 16.1. The summed E-state index contributed by atoms with van der Waals surface area (Å²) in [6.07, 6.45) is 0. The molecule has 0 aliphatic heterocycles. The van der Waals surface area contributed by atoms with Gasteiger partial charge < -0.3 is 0 Å². The number of guanidine groups is 1. The highest BCUT2D eigenvalue weighted by Gasteiger charge is 2.24. The number of hydrazine groups is 2. The molecule has 2 aromatic carbocycles. The molecule has 0 aliphatic carbocycles. The molecule has 2 amide bonds. The Labute approximate surface area is 193 Å². The molecule has 5 N–H and O–H groups in total. The average Bonchev–Trinajstić information content (AvgIpc) is 2.80. The van der Waals surface area contributed by atoms with Gasteiger partial charge in [0.15, 0.2) is 0 Å². The van der Waals surface area contributed by atoms with Crippen molar-refractivity contribution in [3.8, 4) is 0 Å². The number of nitrogens with one attached hydrogen (secondary N) is 1. The van der Waals surface area contributed by atoms with E-state index >= 15 is 0 Å². The molecule has 0 aliphatic rings. The van der Waals surface area contributed by atoms with Crippen molar-refractivity contribution < 1.29 is 19.2 Å². The Kier molecular flexibility index (Phi) is 10.9. The maximum Gasteiger partial charge on any atom is 0.254 e. The third-order valence-corrected chi connectivity index (χ3v) is 5.44.